The van der Waals surface area contributed by atoms with Crippen LogP contribution in [-0.4, -0.2) is 13.4 Å². The molecule has 4 nitrogen and oxygen atoms in total. The van der Waals surface area contributed by atoms with Crippen molar-refractivity contribution in [1.82, 2.24) is 4.98 Å². The molecule has 0 aliphatic rings. The molecule has 1 heterocycles. The van der Waals surface area contributed by atoms with E-state index < -0.39 is 10.0 Å². The summed E-state index contributed by atoms with van der Waals surface area (Å²) in [4.78, 5) is 4.22. The van der Waals surface area contributed by atoms with E-state index in [1.165, 1.54) is 18.4 Å². The number of sulfonamides is 1. The largest absolute Gasteiger partial charge is 0.263 e. The van der Waals surface area contributed by atoms with E-state index in [4.69, 9.17) is 0 Å². The third kappa shape index (κ3) is 4.56. The number of unbranched alkanes of at least 4 members (excludes halogenated alkanes) is 2. The van der Waals surface area contributed by atoms with Crippen LogP contribution in [0.25, 0.3) is 0 Å². The summed E-state index contributed by atoms with van der Waals surface area (Å²) in [5, 5.41) is 0. The first-order valence-corrected chi connectivity index (χ1v) is 8.63. The Labute approximate surface area is 126 Å². The predicted octanol–water partition coefficient (Wildman–Crippen LogP) is 3.62. The lowest BCUT2D eigenvalue weighted by Crippen LogP contribution is -2.13. The second kappa shape index (κ2) is 7.22. The SMILES string of the molecule is CCCCCc1ccc(S(=O)(=O)Nc2ccccn2)cc1. The van der Waals surface area contributed by atoms with Crippen molar-refractivity contribution in [3.8, 4) is 0 Å². The third-order valence-electron chi connectivity index (χ3n) is 3.21. The lowest BCUT2D eigenvalue weighted by Gasteiger charge is -2.08. The van der Waals surface area contributed by atoms with Gasteiger partial charge in [-0.1, -0.05) is 38.0 Å². The minimum atomic E-state index is -3.57. The van der Waals surface area contributed by atoms with E-state index in [1.807, 2.05) is 12.1 Å². The van der Waals surface area contributed by atoms with Crippen LogP contribution in [0.5, 0.6) is 0 Å². The molecule has 0 fully saturated rings. The smallest absolute Gasteiger partial charge is 0.263 e. The van der Waals surface area contributed by atoms with Crippen LogP contribution in [0.1, 0.15) is 31.7 Å². The maximum atomic E-state index is 12.2. The average molecular weight is 304 g/mol. The Morgan fingerprint density at radius 3 is 2.43 bits per heavy atom. The minimum absolute atomic E-state index is 0.257. The van der Waals surface area contributed by atoms with E-state index in [9.17, 15) is 8.42 Å². The highest BCUT2D eigenvalue weighted by Gasteiger charge is 2.14. The van der Waals surface area contributed by atoms with Gasteiger partial charge in [0.05, 0.1) is 4.90 Å². The molecule has 0 unspecified atom stereocenters. The molecule has 1 N–H and O–H groups in total. The molecule has 0 spiro atoms. The molecule has 0 aliphatic carbocycles. The predicted molar refractivity (Wildman–Crippen MR) is 84.7 cm³/mol. The molecule has 0 saturated heterocycles. The van der Waals surface area contributed by atoms with E-state index in [0.29, 0.717) is 5.82 Å². The summed E-state index contributed by atoms with van der Waals surface area (Å²) < 4.78 is 26.9. The van der Waals surface area contributed by atoms with Crippen molar-refractivity contribution >= 4 is 15.8 Å². The van der Waals surface area contributed by atoms with Gasteiger partial charge in [-0.3, -0.25) is 4.72 Å². The fourth-order valence-corrected chi connectivity index (χ4v) is 3.04. The van der Waals surface area contributed by atoms with Crippen LogP contribution in [0.15, 0.2) is 53.6 Å². The Morgan fingerprint density at radius 2 is 1.81 bits per heavy atom. The Hall–Kier alpha value is -1.88. The molecule has 2 rings (SSSR count). The first-order chi connectivity index (χ1) is 10.1. The first kappa shape index (κ1) is 15.5. The molecule has 112 valence electrons. The number of benzene rings is 1. The fourth-order valence-electron chi connectivity index (χ4n) is 2.03. The molecule has 0 bridgehead atoms. The number of nitrogens with zero attached hydrogens (tertiary/aromatic N) is 1. The quantitative estimate of drug-likeness (QED) is 0.795. The van der Waals surface area contributed by atoms with Gasteiger partial charge in [0.15, 0.2) is 0 Å². The molecule has 1 aromatic heterocycles. The molecule has 0 saturated carbocycles. The number of hydrogen-bond donors (Lipinski definition) is 1. The van der Waals surface area contributed by atoms with Gasteiger partial charge < -0.3 is 0 Å². The van der Waals surface area contributed by atoms with Crippen molar-refractivity contribution in [1.29, 1.82) is 0 Å². The number of pyridine rings is 1. The summed E-state index contributed by atoms with van der Waals surface area (Å²) in [5.41, 5.74) is 1.17. The molecule has 0 atom stereocenters. The van der Waals surface area contributed by atoms with Crippen molar-refractivity contribution in [2.45, 2.75) is 37.5 Å². The van der Waals surface area contributed by atoms with Gasteiger partial charge in [-0.05, 0) is 42.7 Å². The zero-order valence-electron chi connectivity index (χ0n) is 12.1. The maximum absolute atomic E-state index is 12.2. The van der Waals surface area contributed by atoms with Gasteiger partial charge in [-0.25, -0.2) is 13.4 Å². The number of aromatic nitrogens is 1. The van der Waals surface area contributed by atoms with Gasteiger partial charge in [-0.15, -0.1) is 0 Å². The number of rotatable bonds is 7. The number of nitrogens with one attached hydrogen (secondary N) is 1. The summed E-state index contributed by atoms with van der Waals surface area (Å²) in [6.45, 7) is 2.17. The Balaban J connectivity index is 2.06. The summed E-state index contributed by atoms with van der Waals surface area (Å²) in [7, 11) is -3.57. The van der Waals surface area contributed by atoms with Gasteiger partial charge in [0.1, 0.15) is 5.82 Å². The third-order valence-corrected chi connectivity index (χ3v) is 4.58. The zero-order valence-corrected chi connectivity index (χ0v) is 12.9. The van der Waals surface area contributed by atoms with Crippen LogP contribution in [0.2, 0.25) is 0 Å². The molecular formula is C16H20N2O2S. The van der Waals surface area contributed by atoms with Crippen molar-refractivity contribution in [3.05, 3.63) is 54.2 Å². The standard InChI is InChI=1S/C16H20N2O2S/c1-2-3-4-7-14-9-11-15(12-10-14)21(19,20)18-16-8-5-6-13-17-16/h5-6,8-13H,2-4,7H2,1H3,(H,17,18). The highest BCUT2D eigenvalue weighted by molar-refractivity contribution is 7.92. The average Bonchev–Trinajstić information content (AvgIpc) is 2.49. The number of anilines is 1. The van der Waals surface area contributed by atoms with E-state index in [0.717, 1.165) is 12.8 Å². The van der Waals surface area contributed by atoms with Crippen LogP contribution in [0.4, 0.5) is 5.82 Å². The van der Waals surface area contributed by atoms with E-state index in [-0.39, 0.29) is 4.90 Å². The molecule has 1 aromatic carbocycles. The molecule has 0 aliphatic heterocycles. The zero-order chi connectivity index (χ0) is 15.1. The van der Waals surface area contributed by atoms with Crippen LogP contribution in [-0.2, 0) is 16.4 Å². The lowest BCUT2D eigenvalue weighted by atomic mass is 10.1. The number of aryl methyl sites for hydroxylation is 1. The van der Waals surface area contributed by atoms with Crippen LogP contribution < -0.4 is 4.72 Å². The second-order valence-corrected chi connectivity index (χ2v) is 6.60. The highest BCUT2D eigenvalue weighted by Crippen LogP contribution is 2.16. The Kier molecular flexibility index (Phi) is 5.33. The summed E-state index contributed by atoms with van der Waals surface area (Å²) in [5.74, 6) is 0.324. The van der Waals surface area contributed by atoms with Gasteiger partial charge in [0.2, 0.25) is 0 Å². The van der Waals surface area contributed by atoms with Gasteiger partial charge in [0.25, 0.3) is 10.0 Å². The Morgan fingerprint density at radius 1 is 1.05 bits per heavy atom. The lowest BCUT2D eigenvalue weighted by molar-refractivity contribution is 0.601. The van der Waals surface area contributed by atoms with Gasteiger partial charge >= 0.3 is 0 Å². The van der Waals surface area contributed by atoms with Crippen molar-refractivity contribution in [3.63, 3.8) is 0 Å². The van der Waals surface area contributed by atoms with Crippen LogP contribution in [0, 0.1) is 0 Å². The second-order valence-electron chi connectivity index (χ2n) is 4.92. The maximum Gasteiger partial charge on any atom is 0.263 e. The number of hydrogen-bond acceptors (Lipinski definition) is 3. The van der Waals surface area contributed by atoms with E-state index in [1.54, 1.807) is 36.5 Å². The monoisotopic (exact) mass is 304 g/mol. The molecule has 2 aromatic rings. The summed E-state index contributed by atoms with van der Waals surface area (Å²) >= 11 is 0. The van der Waals surface area contributed by atoms with Crippen molar-refractivity contribution in [2.24, 2.45) is 0 Å². The van der Waals surface area contributed by atoms with Crippen molar-refractivity contribution < 1.29 is 8.42 Å². The fraction of sp³-hybridized carbons (Fsp3) is 0.312. The van der Waals surface area contributed by atoms with E-state index >= 15 is 0 Å². The van der Waals surface area contributed by atoms with Crippen molar-refractivity contribution in [2.75, 3.05) is 4.72 Å². The molecule has 5 heteroatoms. The molecular weight excluding hydrogens is 284 g/mol. The normalized spacial score (nSPS) is 11.3. The van der Waals surface area contributed by atoms with Crippen LogP contribution in [0.3, 0.4) is 0 Å². The molecule has 21 heavy (non-hydrogen) atoms. The van der Waals surface area contributed by atoms with Gasteiger partial charge in [-0.2, -0.15) is 0 Å². The molecule has 0 amide bonds. The molecule has 0 radical (unpaired) electrons. The summed E-state index contributed by atoms with van der Waals surface area (Å²) in [6, 6.07) is 12.1. The van der Waals surface area contributed by atoms with Gasteiger partial charge in [0, 0.05) is 6.20 Å². The Bertz CT molecular complexity index is 652. The minimum Gasteiger partial charge on any atom is -0.263 e. The van der Waals surface area contributed by atoms with Crippen LogP contribution >= 0.6 is 0 Å². The highest BCUT2D eigenvalue weighted by atomic mass is 32.2. The first-order valence-electron chi connectivity index (χ1n) is 7.14. The van der Waals surface area contributed by atoms with E-state index in [2.05, 4.69) is 16.6 Å². The topological polar surface area (TPSA) is 59.1 Å². The summed E-state index contributed by atoms with van der Waals surface area (Å²) in [6.07, 6.45) is 6.05.